The molecule has 1 aliphatic carbocycles. The smallest absolute Gasteiger partial charge is 0.274 e. The summed E-state index contributed by atoms with van der Waals surface area (Å²) in [5.74, 6) is 0.146. The molecule has 184 valence electrons. The summed E-state index contributed by atoms with van der Waals surface area (Å²) in [4.78, 5) is 30.9. The average molecular weight is 540 g/mol. The summed E-state index contributed by atoms with van der Waals surface area (Å²) in [6.07, 6.45) is 4.38. The number of rotatable bonds is 8. The van der Waals surface area contributed by atoms with E-state index in [1.807, 2.05) is 16.8 Å². The Kier molecular flexibility index (Phi) is 7.09. The number of benzene rings is 1. The Morgan fingerprint density at radius 3 is 2.72 bits per heavy atom. The van der Waals surface area contributed by atoms with Gasteiger partial charge >= 0.3 is 0 Å². The number of nitrogens with zero attached hydrogens (tertiary/aromatic N) is 3. The Bertz CT molecular complexity index is 1430. The number of carbonyl (C=O) groups excluding carboxylic acids is 2. The monoisotopic (exact) mass is 539 g/mol. The molecule has 0 unspecified atom stereocenters. The summed E-state index contributed by atoms with van der Waals surface area (Å²) in [5.41, 5.74) is 3.42. The topological polar surface area (TPSA) is 88.9 Å². The van der Waals surface area contributed by atoms with Gasteiger partial charge in [-0.25, -0.2) is 9.67 Å². The van der Waals surface area contributed by atoms with Crippen molar-refractivity contribution in [2.75, 3.05) is 11.9 Å². The number of aromatic nitrogens is 3. The van der Waals surface area contributed by atoms with Crippen LogP contribution in [-0.4, -0.2) is 33.1 Å². The highest BCUT2D eigenvalue weighted by molar-refractivity contribution is 7.07. The van der Waals surface area contributed by atoms with Crippen LogP contribution in [0.25, 0.3) is 5.82 Å². The third kappa shape index (κ3) is 5.46. The maximum absolute atomic E-state index is 13.6. The van der Waals surface area contributed by atoms with Crippen LogP contribution in [0.3, 0.4) is 0 Å². The molecule has 0 aliphatic heterocycles. The van der Waals surface area contributed by atoms with Crippen LogP contribution in [0.15, 0.2) is 53.4 Å². The summed E-state index contributed by atoms with van der Waals surface area (Å²) >= 11 is 14.3. The van der Waals surface area contributed by atoms with Crippen molar-refractivity contribution in [2.45, 2.75) is 26.2 Å². The number of nitrogens with one attached hydrogen (secondary N) is 2. The van der Waals surface area contributed by atoms with E-state index in [0.29, 0.717) is 57.3 Å². The highest BCUT2D eigenvalue weighted by Crippen LogP contribution is 2.30. The van der Waals surface area contributed by atoms with Gasteiger partial charge in [0.1, 0.15) is 5.69 Å². The van der Waals surface area contributed by atoms with E-state index in [4.69, 9.17) is 23.2 Å². The summed E-state index contributed by atoms with van der Waals surface area (Å²) < 4.78 is 1.44. The van der Waals surface area contributed by atoms with Crippen LogP contribution < -0.4 is 10.6 Å². The number of hydrogen-bond donors (Lipinski definition) is 2. The molecular formula is C26H23Cl2N5O2S. The second-order valence-electron chi connectivity index (χ2n) is 8.80. The van der Waals surface area contributed by atoms with Gasteiger partial charge in [0.25, 0.3) is 11.8 Å². The molecule has 1 aromatic carbocycles. The third-order valence-corrected chi connectivity index (χ3v) is 7.17. The molecule has 0 saturated heterocycles. The number of thiophene rings is 1. The Balaban J connectivity index is 1.49. The number of hydrogen-bond acceptors (Lipinski definition) is 5. The fraction of sp³-hybridized carbons (Fsp3) is 0.231. The van der Waals surface area contributed by atoms with Crippen LogP contribution in [-0.2, 0) is 6.42 Å². The normalized spacial score (nSPS) is 13.0. The van der Waals surface area contributed by atoms with Crippen LogP contribution in [0.1, 0.15) is 50.5 Å². The average Bonchev–Trinajstić information content (AvgIpc) is 3.36. The van der Waals surface area contributed by atoms with Gasteiger partial charge in [0.15, 0.2) is 5.82 Å². The second kappa shape index (κ2) is 10.4. The Morgan fingerprint density at radius 2 is 2.00 bits per heavy atom. The van der Waals surface area contributed by atoms with Gasteiger partial charge in [-0.1, -0.05) is 23.2 Å². The minimum absolute atomic E-state index is 0.250. The Hall–Kier alpha value is -3.20. The van der Waals surface area contributed by atoms with Crippen LogP contribution in [0.2, 0.25) is 10.0 Å². The van der Waals surface area contributed by atoms with E-state index in [2.05, 4.69) is 20.7 Å². The summed E-state index contributed by atoms with van der Waals surface area (Å²) in [7, 11) is 0. The van der Waals surface area contributed by atoms with E-state index in [9.17, 15) is 9.59 Å². The van der Waals surface area contributed by atoms with E-state index >= 15 is 0 Å². The van der Waals surface area contributed by atoms with Gasteiger partial charge < -0.3 is 10.6 Å². The number of anilines is 1. The Labute approximate surface area is 222 Å². The molecule has 4 aromatic rings. The molecule has 0 spiro atoms. The molecule has 0 bridgehead atoms. The van der Waals surface area contributed by atoms with Crippen molar-refractivity contribution >= 4 is 52.0 Å². The molecule has 1 fully saturated rings. The lowest BCUT2D eigenvalue weighted by molar-refractivity contribution is 0.0952. The molecular weight excluding hydrogens is 517 g/mol. The number of amides is 2. The van der Waals surface area contributed by atoms with Gasteiger partial charge in [-0.15, -0.1) is 0 Å². The molecule has 2 amide bonds. The molecule has 3 aromatic heterocycles. The van der Waals surface area contributed by atoms with E-state index in [-0.39, 0.29) is 11.6 Å². The van der Waals surface area contributed by atoms with Crippen molar-refractivity contribution in [3.05, 3.63) is 91.5 Å². The lowest BCUT2D eigenvalue weighted by atomic mass is 10.1. The summed E-state index contributed by atoms with van der Waals surface area (Å²) in [5, 5.41) is 15.3. The highest BCUT2D eigenvalue weighted by atomic mass is 35.5. The van der Waals surface area contributed by atoms with Gasteiger partial charge in [0, 0.05) is 24.2 Å². The lowest BCUT2D eigenvalue weighted by Crippen LogP contribution is -2.28. The fourth-order valence-corrected chi connectivity index (χ4v) is 5.04. The molecule has 2 N–H and O–H groups in total. The number of pyridine rings is 1. The van der Waals surface area contributed by atoms with Crippen LogP contribution in [0, 0.1) is 12.8 Å². The molecule has 5 rings (SSSR count). The first-order valence-electron chi connectivity index (χ1n) is 11.5. The van der Waals surface area contributed by atoms with E-state index in [0.717, 1.165) is 18.4 Å². The molecule has 0 radical (unpaired) electrons. The van der Waals surface area contributed by atoms with Crippen molar-refractivity contribution in [1.29, 1.82) is 0 Å². The second-order valence-corrected chi connectivity index (χ2v) is 10.4. The maximum Gasteiger partial charge on any atom is 0.274 e. The SMILES string of the molecule is Cc1cc(Cl)cc(C(=O)NCC2CC2)c1NC(=O)c1cc(Cc2ccsc2)nn1-c1ncccc1Cl. The molecule has 1 saturated carbocycles. The van der Waals surface area contributed by atoms with Crippen molar-refractivity contribution in [1.82, 2.24) is 20.1 Å². The van der Waals surface area contributed by atoms with Crippen molar-refractivity contribution in [3.8, 4) is 5.82 Å². The number of halogens is 2. The Morgan fingerprint density at radius 1 is 1.17 bits per heavy atom. The molecule has 7 nitrogen and oxygen atoms in total. The zero-order chi connectivity index (χ0) is 25.2. The first-order valence-corrected chi connectivity index (χ1v) is 13.2. The number of aryl methyl sites for hydroxylation is 1. The number of carbonyl (C=O) groups is 2. The summed E-state index contributed by atoms with van der Waals surface area (Å²) in [6.45, 7) is 2.41. The molecule has 36 heavy (non-hydrogen) atoms. The summed E-state index contributed by atoms with van der Waals surface area (Å²) in [6, 6.07) is 10.4. The lowest BCUT2D eigenvalue weighted by Gasteiger charge is -2.15. The van der Waals surface area contributed by atoms with E-state index in [1.165, 1.54) is 4.68 Å². The standard InChI is InChI=1S/C26H23Cl2N5O2S/c1-15-9-18(27)11-20(25(34)30-13-16-4-5-16)23(15)31-26(35)22-12-19(10-17-6-8-36-14-17)32-33(22)24-21(28)3-2-7-29-24/h2-3,6-9,11-12,14,16H,4-5,10,13H2,1H3,(H,30,34)(H,31,35). The fourth-order valence-electron chi connectivity index (χ4n) is 3.90. The highest BCUT2D eigenvalue weighted by Gasteiger charge is 2.25. The first-order chi connectivity index (χ1) is 17.4. The molecule has 0 atom stereocenters. The largest absolute Gasteiger partial charge is 0.352 e. The van der Waals surface area contributed by atoms with Crippen molar-refractivity contribution in [3.63, 3.8) is 0 Å². The zero-order valence-electron chi connectivity index (χ0n) is 19.4. The van der Waals surface area contributed by atoms with Gasteiger partial charge in [-0.2, -0.15) is 16.4 Å². The quantitative estimate of drug-likeness (QED) is 0.290. The zero-order valence-corrected chi connectivity index (χ0v) is 21.8. The molecule has 3 heterocycles. The minimum atomic E-state index is -0.442. The van der Waals surface area contributed by atoms with Crippen molar-refractivity contribution < 1.29 is 9.59 Å². The minimum Gasteiger partial charge on any atom is -0.352 e. The van der Waals surface area contributed by atoms with Crippen LogP contribution >= 0.6 is 34.5 Å². The maximum atomic E-state index is 13.6. The van der Waals surface area contributed by atoms with Gasteiger partial charge in [-0.05, 0) is 84.0 Å². The van der Waals surface area contributed by atoms with Gasteiger partial charge in [0.2, 0.25) is 0 Å². The van der Waals surface area contributed by atoms with Crippen molar-refractivity contribution in [2.24, 2.45) is 5.92 Å². The van der Waals surface area contributed by atoms with E-state index in [1.54, 1.807) is 54.8 Å². The van der Waals surface area contributed by atoms with Gasteiger partial charge in [0.05, 0.1) is 22.0 Å². The predicted molar refractivity (Wildman–Crippen MR) is 143 cm³/mol. The van der Waals surface area contributed by atoms with Gasteiger partial charge in [-0.3, -0.25) is 9.59 Å². The third-order valence-electron chi connectivity index (χ3n) is 5.93. The first kappa shape index (κ1) is 24.5. The van der Waals surface area contributed by atoms with E-state index < -0.39 is 5.91 Å². The predicted octanol–water partition coefficient (Wildman–Crippen LogP) is 5.93. The van der Waals surface area contributed by atoms with Crippen LogP contribution in [0.5, 0.6) is 0 Å². The van der Waals surface area contributed by atoms with Crippen LogP contribution in [0.4, 0.5) is 5.69 Å². The molecule has 1 aliphatic rings. The molecule has 10 heteroatoms.